The van der Waals surface area contributed by atoms with Crippen LogP contribution in [0.15, 0.2) is 47.3 Å². The fourth-order valence-electron chi connectivity index (χ4n) is 3.84. The number of pyridine rings is 1. The van der Waals surface area contributed by atoms with Crippen molar-refractivity contribution in [2.75, 3.05) is 6.61 Å². The van der Waals surface area contributed by atoms with Gasteiger partial charge in [-0.05, 0) is 90.1 Å². The highest BCUT2D eigenvalue weighted by Crippen LogP contribution is 2.46. The molecule has 1 aliphatic carbocycles. The number of alkyl halides is 3. The summed E-state index contributed by atoms with van der Waals surface area (Å²) in [4.78, 5) is 18.3. The van der Waals surface area contributed by atoms with E-state index in [4.69, 9.17) is 4.74 Å². The van der Waals surface area contributed by atoms with Crippen LogP contribution in [-0.4, -0.2) is 38.4 Å². The fraction of sp³-hybridized carbons (Fsp3) is 0.333. The Morgan fingerprint density at radius 3 is 2.57 bits per heavy atom. The molecule has 0 atom stereocenters. The fourth-order valence-corrected chi connectivity index (χ4v) is 5.04. The van der Waals surface area contributed by atoms with Crippen LogP contribution in [-0.2, 0) is 0 Å². The van der Waals surface area contributed by atoms with E-state index in [0.717, 1.165) is 16.0 Å². The van der Waals surface area contributed by atoms with Crippen LogP contribution in [0.5, 0.6) is 5.75 Å². The van der Waals surface area contributed by atoms with Gasteiger partial charge in [0.25, 0.3) is 5.56 Å². The molecule has 35 heavy (non-hydrogen) atoms. The minimum absolute atomic E-state index is 0.0316. The van der Waals surface area contributed by atoms with Crippen molar-refractivity contribution < 1.29 is 17.9 Å². The van der Waals surface area contributed by atoms with Gasteiger partial charge < -0.3 is 9.72 Å². The molecule has 0 saturated heterocycles. The van der Waals surface area contributed by atoms with Crippen molar-refractivity contribution in [1.29, 1.82) is 0 Å². The smallest absolute Gasteiger partial charge is 0.389 e. The number of hydrogen-bond donors (Lipinski definition) is 2. The summed E-state index contributed by atoms with van der Waals surface area (Å²) in [6.45, 7) is 0.206. The number of ether oxygens (including phenoxy) is 1. The van der Waals surface area contributed by atoms with Gasteiger partial charge in [0, 0.05) is 27.4 Å². The molecule has 4 aromatic rings. The first-order valence-electron chi connectivity index (χ1n) is 11.3. The number of tetrazole rings is 1. The lowest BCUT2D eigenvalue weighted by atomic mass is 10.0. The highest BCUT2D eigenvalue weighted by atomic mass is 32.1. The van der Waals surface area contributed by atoms with Crippen molar-refractivity contribution in [3.63, 3.8) is 0 Å². The van der Waals surface area contributed by atoms with Crippen molar-refractivity contribution in [3.05, 3.63) is 57.7 Å². The molecular weight excluding hydrogens is 479 g/mol. The Balaban J connectivity index is 1.38. The number of H-pyrrole nitrogens is 2. The lowest BCUT2D eigenvalue weighted by Crippen LogP contribution is -2.12. The highest BCUT2D eigenvalue weighted by Gasteiger charge is 2.27. The summed E-state index contributed by atoms with van der Waals surface area (Å²) in [5, 5.41) is 13.9. The van der Waals surface area contributed by atoms with E-state index in [2.05, 4.69) is 31.7 Å². The number of nitrogens with zero attached hydrogens (tertiary/aromatic N) is 3. The van der Waals surface area contributed by atoms with Gasteiger partial charge in [0.05, 0.1) is 12.2 Å². The molecule has 182 valence electrons. The zero-order valence-electron chi connectivity index (χ0n) is 18.6. The molecule has 5 rings (SSSR count). The topological polar surface area (TPSA) is 96.6 Å². The van der Waals surface area contributed by atoms with E-state index in [-0.39, 0.29) is 18.6 Å². The summed E-state index contributed by atoms with van der Waals surface area (Å²) in [7, 11) is 0. The number of aromatic nitrogens is 5. The number of unbranched alkanes of at least 4 members (excludes halogenated alkanes) is 1. The summed E-state index contributed by atoms with van der Waals surface area (Å²) in [5.74, 6) is 1.45. The predicted octanol–water partition coefficient (Wildman–Crippen LogP) is 5.94. The average molecular weight is 502 g/mol. The maximum atomic E-state index is 13.1. The summed E-state index contributed by atoms with van der Waals surface area (Å²) in [6.07, 6.45) is -2.22. The average Bonchev–Trinajstić information content (AvgIpc) is 3.31. The van der Waals surface area contributed by atoms with E-state index in [9.17, 15) is 18.0 Å². The first kappa shape index (κ1) is 23.3. The summed E-state index contributed by atoms with van der Waals surface area (Å²) < 4.78 is 42.3. The largest absolute Gasteiger partial charge is 0.494 e. The van der Waals surface area contributed by atoms with Crippen molar-refractivity contribution in [1.82, 2.24) is 25.6 Å². The molecule has 0 bridgehead atoms. The lowest BCUT2D eigenvalue weighted by Gasteiger charge is -2.10. The van der Waals surface area contributed by atoms with Crippen molar-refractivity contribution in [2.24, 2.45) is 0 Å². The van der Waals surface area contributed by atoms with Crippen LogP contribution in [0, 0.1) is 0 Å². The Morgan fingerprint density at radius 2 is 1.89 bits per heavy atom. The van der Waals surface area contributed by atoms with E-state index in [0.29, 0.717) is 35.2 Å². The number of aromatic amines is 2. The Kier molecular flexibility index (Phi) is 6.42. The van der Waals surface area contributed by atoms with Gasteiger partial charge in [0.1, 0.15) is 5.75 Å². The summed E-state index contributed by atoms with van der Waals surface area (Å²) in [6, 6.07) is 13.1. The maximum Gasteiger partial charge on any atom is 0.389 e. The van der Waals surface area contributed by atoms with E-state index >= 15 is 0 Å². The molecule has 0 unspecified atom stereocenters. The SMILES string of the molecule is O=c1[nH]c(-c2ccc(OCCCCC(F)(F)F)cc2)cc(-c2ccc(C3CC3)s2)c1-c1nnn[nH]1. The van der Waals surface area contributed by atoms with Crippen molar-refractivity contribution in [3.8, 4) is 38.8 Å². The minimum Gasteiger partial charge on any atom is -0.494 e. The number of halogens is 3. The predicted molar refractivity (Wildman–Crippen MR) is 126 cm³/mol. The van der Waals surface area contributed by atoms with Crippen LogP contribution in [0.3, 0.4) is 0 Å². The third kappa shape index (κ3) is 5.61. The molecule has 1 saturated carbocycles. The zero-order chi connectivity index (χ0) is 24.4. The number of rotatable bonds is 9. The summed E-state index contributed by atoms with van der Waals surface area (Å²) >= 11 is 1.67. The first-order chi connectivity index (χ1) is 16.9. The molecule has 1 aromatic carbocycles. The first-order valence-corrected chi connectivity index (χ1v) is 12.1. The number of nitrogens with one attached hydrogen (secondary N) is 2. The van der Waals surface area contributed by atoms with E-state index in [1.807, 2.05) is 12.1 Å². The van der Waals surface area contributed by atoms with Gasteiger partial charge in [0.15, 0.2) is 5.82 Å². The third-order valence-electron chi connectivity index (χ3n) is 5.78. The van der Waals surface area contributed by atoms with E-state index in [1.54, 1.807) is 35.6 Å². The second-order valence-electron chi connectivity index (χ2n) is 8.47. The van der Waals surface area contributed by atoms with Crippen LogP contribution in [0.4, 0.5) is 13.2 Å². The van der Waals surface area contributed by atoms with Crippen molar-refractivity contribution >= 4 is 11.3 Å². The van der Waals surface area contributed by atoms with Gasteiger partial charge in [-0.2, -0.15) is 13.2 Å². The van der Waals surface area contributed by atoms with Crippen LogP contribution in [0.25, 0.3) is 33.1 Å². The van der Waals surface area contributed by atoms with Crippen LogP contribution in [0.2, 0.25) is 0 Å². The monoisotopic (exact) mass is 501 g/mol. The standard InChI is InChI=1S/C24H22F3N5O2S/c25-24(26,27)11-1-2-12-34-16-7-5-14(6-8-16)18-13-17(20-10-9-19(35-20)15-3-4-15)21(23(33)28-18)22-29-31-32-30-22/h5-10,13,15H,1-4,11-12H2,(H,28,33)(H,29,30,31,32). The molecule has 11 heteroatoms. The van der Waals surface area contributed by atoms with Crippen LogP contribution < -0.4 is 10.3 Å². The number of benzene rings is 1. The van der Waals surface area contributed by atoms with Gasteiger partial charge in [-0.1, -0.05) is 0 Å². The van der Waals surface area contributed by atoms with E-state index in [1.165, 1.54) is 17.7 Å². The quantitative estimate of drug-likeness (QED) is 0.277. The Hall–Kier alpha value is -3.47. The third-order valence-corrected chi connectivity index (χ3v) is 7.06. The molecule has 7 nitrogen and oxygen atoms in total. The molecule has 0 radical (unpaired) electrons. The van der Waals surface area contributed by atoms with Gasteiger partial charge in [-0.15, -0.1) is 16.4 Å². The van der Waals surface area contributed by atoms with E-state index < -0.39 is 12.6 Å². The molecular formula is C24H22F3N5O2S. The molecule has 2 N–H and O–H groups in total. The lowest BCUT2D eigenvalue weighted by molar-refractivity contribution is -0.135. The molecule has 3 heterocycles. The second kappa shape index (κ2) is 9.65. The number of hydrogen-bond acceptors (Lipinski definition) is 6. The summed E-state index contributed by atoms with van der Waals surface area (Å²) in [5.41, 5.74) is 2.20. The van der Waals surface area contributed by atoms with Crippen LogP contribution >= 0.6 is 11.3 Å². The second-order valence-corrected chi connectivity index (χ2v) is 9.59. The Bertz CT molecular complexity index is 1340. The maximum absolute atomic E-state index is 13.1. The minimum atomic E-state index is -4.14. The van der Waals surface area contributed by atoms with Gasteiger partial charge in [-0.3, -0.25) is 4.79 Å². The molecule has 0 aliphatic heterocycles. The normalized spacial score (nSPS) is 13.8. The molecule has 1 aliphatic rings. The van der Waals surface area contributed by atoms with Gasteiger partial charge >= 0.3 is 6.18 Å². The van der Waals surface area contributed by atoms with Crippen LogP contribution in [0.1, 0.15) is 42.9 Å². The zero-order valence-corrected chi connectivity index (χ0v) is 19.4. The molecule has 3 aromatic heterocycles. The highest BCUT2D eigenvalue weighted by molar-refractivity contribution is 7.15. The Labute approximate surface area is 202 Å². The number of thiophene rings is 1. The molecule has 0 amide bonds. The molecule has 0 spiro atoms. The Morgan fingerprint density at radius 1 is 1.09 bits per heavy atom. The van der Waals surface area contributed by atoms with Gasteiger partial charge in [-0.25, -0.2) is 5.10 Å². The molecule has 1 fully saturated rings. The van der Waals surface area contributed by atoms with Gasteiger partial charge in [0.2, 0.25) is 0 Å². The van der Waals surface area contributed by atoms with Crippen molar-refractivity contribution in [2.45, 2.75) is 44.2 Å².